The predicted molar refractivity (Wildman–Crippen MR) is 177 cm³/mol. The van der Waals surface area contributed by atoms with Crippen LogP contribution in [0, 0.1) is 6.08 Å². The number of phenolic OH excluding ortho intramolecular Hbond substituents is 1. The van der Waals surface area contributed by atoms with E-state index < -0.39 is 48.3 Å². The van der Waals surface area contributed by atoms with E-state index in [1.54, 1.807) is 0 Å². The van der Waals surface area contributed by atoms with Gasteiger partial charge in [0.2, 0.25) is 11.9 Å². The number of benzene rings is 4. The molecule has 280 valence electrons. The molecule has 4 aromatic carbocycles. The maximum Gasteiger partial charge on any atom is 1.00 e. The third-order valence-corrected chi connectivity index (χ3v) is 10.1. The number of hydrogen-bond acceptors (Lipinski definition) is 23. The summed E-state index contributed by atoms with van der Waals surface area (Å²) >= 11 is 0.691. The molecule has 0 amide bonds. The summed E-state index contributed by atoms with van der Waals surface area (Å²) < 4.78 is 89.0. The number of azo groups is 1. The summed E-state index contributed by atoms with van der Waals surface area (Å²) in [6.07, 6.45) is -1.26. The van der Waals surface area contributed by atoms with Crippen LogP contribution in [0.1, 0.15) is 0 Å². The maximum absolute atomic E-state index is 14.4. The van der Waals surface area contributed by atoms with Crippen molar-refractivity contribution in [3.8, 4) is 5.75 Å². The van der Waals surface area contributed by atoms with Crippen molar-refractivity contribution in [1.82, 2.24) is 15.0 Å². The van der Waals surface area contributed by atoms with E-state index in [0.717, 1.165) is 12.1 Å². The first-order valence-electron chi connectivity index (χ1n) is 14.0. The summed E-state index contributed by atoms with van der Waals surface area (Å²) in [5, 5.41) is 50.5. The van der Waals surface area contributed by atoms with Crippen molar-refractivity contribution in [2.75, 3.05) is 28.7 Å². The van der Waals surface area contributed by atoms with Crippen LogP contribution in [0.4, 0.5) is 44.7 Å². The second kappa shape index (κ2) is 23.1. The molecule has 5 rings (SSSR count). The Morgan fingerprint density at radius 3 is 2.12 bits per heavy atom. The Bertz CT molecular complexity index is 2380. The van der Waals surface area contributed by atoms with Crippen LogP contribution in [0.2, 0.25) is 0 Å². The summed E-state index contributed by atoms with van der Waals surface area (Å²) in [4.78, 5) is 10.4. The first-order chi connectivity index (χ1) is 25.3. The Morgan fingerprint density at radius 2 is 1.48 bits per heavy atom. The molecule has 1 heterocycles. The fourth-order valence-corrected chi connectivity index (χ4v) is 6.88. The molecule has 1 aromatic heterocycles. The van der Waals surface area contributed by atoms with Crippen LogP contribution in [0.5, 0.6) is 5.75 Å². The Morgan fingerprint density at radius 1 is 0.839 bits per heavy atom. The van der Waals surface area contributed by atoms with Crippen molar-refractivity contribution in [3.63, 3.8) is 0 Å². The van der Waals surface area contributed by atoms with Gasteiger partial charge in [0.15, 0.2) is 22.2 Å². The van der Waals surface area contributed by atoms with E-state index in [1.165, 1.54) is 54.6 Å². The number of rotatable bonds is 17. The largest absolute Gasteiger partial charge is 1.00 e. The minimum atomic E-state index is -5.20. The molecule has 56 heavy (non-hydrogen) atoms. The van der Waals surface area contributed by atoms with Crippen LogP contribution in [-0.2, 0) is 42.9 Å². The van der Waals surface area contributed by atoms with Crippen molar-refractivity contribution in [2.24, 2.45) is 10.2 Å². The summed E-state index contributed by atoms with van der Waals surface area (Å²) in [6, 6.07) is 14.1. The van der Waals surface area contributed by atoms with Gasteiger partial charge in [-0.05, 0) is 66.0 Å². The van der Waals surface area contributed by atoms with Gasteiger partial charge in [0.1, 0.15) is 27.2 Å². The van der Waals surface area contributed by atoms with E-state index in [-0.39, 0.29) is 157 Å². The second-order valence-electron chi connectivity index (χ2n) is 9.97. The molecule has 29 heteroatoms. The van der Waals surface area contributed by atoms with E-state index in [1.807, 2.05) is 0 Å². The van der Waals surface area contributed by atoms with Crippen LogP contribution in [-0.4, -0.2) is 53.8 Å². The number of anilines is 5. The molecule has 0 aliphatic heterocycles. The number of nitrogens with one attached hydrogen (secondary N) is 2. The molecule has 0 spiro atoms. The Kier molecular flexibility index (Phi) is 20.7. The molecule has 0 aliphatic carbocycles. The smallest absolute Gasteiger partial charge is 0.744 e. The SMILES string of the molecule is Nc1ccc2cc(SOO[O-])cc(O)c2c1N=Nc1ccc(Nc2nc(F)nc(Nc3ccc(S(=O)(=O)CCOSOO[O-])cc3)n2)cc1S(=O)(=O)[O-].[Na+].[Na+].[Na+]. The fourth-order valence-electron chi connectivity index (χ4n) is 4.39. The van der Waals surface area contributed by atoms with Gasteiger partial charge in [-0.25, -0.2) is 16.8 Å². The van der Waals surface area contributed by atoms with Crippen molar-refractivity contribution in [3.05, 3.63) is 72.8 Å². The minimum absolute atomic E-state index is 0. The number of sulfone groups is 1. The zero-order valence-electron chi connectivity index (χ0n) is 28.9. The summed E-state index contributed by atoms with van der Waals surface area (Å²) in [5.41, 5.74) is 5.75. The predicted octanol–water partition coefficient (Wildman–Crippen LogP) is -5.92. The number of aromatic hydroxyl groups is 1. The number of nitrogens with two attached hydrogens (primary N) is 1. The van der Waals surface area contributed by atoms with Crippen molar-refractivity contribution in [2.45, 2.75) is 14.7 Å². The number of hydrogen-bond donors (Lipinski definition) is 4. The van der Waals surface area contributed by atoms with Gasteiger partial charge in [-0.3, -0.25) is 14.3 Å². The van der Waals surface area contributed by atoms with E-state index in [0.29, 0.717) is 17.4 Å². The standard InChI is InChI=1S/C27H23FN8O13S4.3Na/c28-25-32-26(30-15-2-5-18(6-3-15)52(40,41)10-9-45-51-49-47-39)34-27(33-25)31-16-4-8-20(22(12-16)53(42,43)44)35-36-24-19(29)7-1-14-11-17(50-48-46-38)13-21(37)23(14)24;;;/h1-8,11-13,37-39H,9-10,29H2,(H,42,43,44)(H2,30,31,32,33,34);;;/q;3*+1/p-3. The van der Waals surface area contributed by atoms with E-state index in [2.05, 4.69) is 54.6 Å². The molecule has 0 saturated carbocycles. The molecule has 0 aliphatic rings. The van der Waals surface area contributed by atoms with Crippen molar-refractivity contribution in [1.29, 1.82) is 0 Å². The Balaban J connectivity index is 0.00000361. The van der Waals surface area contributed by atoms with Gasteiger partial charge in [0.25, 0.3) is 0 Å². The van der Waals surface area contributed by atoms with Gasteiger partial charge in [-0.1, -0.05) is 6.07 Å². The molecule has 0 unspecified atom stereocenters. The number of halogens is 1. The van der Waals surface area contributed by atoms with Crippen LogP contribution in [0.3, 0.4) is 0 Å². The molecule has 0 bridgehead atoms. The topological polar surface area (TPSA) is 317 Å². The minimum Gasteiger partial charge on any atom is -0.744 e. The molecule has 5 N–H and O–H groups in total. The van der Waals surface area contributed by atoms with Crippen molar-refractivity contribution >= 4 is 95.4 Å². The third-order valence-electron chi connectivity index (χ3n) is 6.59. The quantitative estimate of drug-likeness (QED) is 0.00988. The van der Waals surface area contributed by atoms with Gasteiger partial charge in [0, 0.05) is 16.3 Å². The summed E-state index contributed by atoms with van der Waals surface area (Å²) in [7, 11) is -9.00. The van der Waals surface area contributed by atoms with Crippen molar-refractivity contribution < 1.29 is 153 Å². The van der Waals surface area contributed by atoms with Gasteiger partial charge >= 0.3 is 94.8 Å². The number of aromatic nitrogens is 3. The van der Waals surface area contributed by atoms with Crippen LogP contribution in [0.15, 0.2) is 91.6 Å². The third kappa shape index (κ3) is 13.9. The average Bonchev–Trinajstić information content (AvgIpc) is 3.10. The average molecular weight is 881 g/mol. The number of phenols is 1. The zero-order chi connectivity index (χ0) is 38.2. The number of nitrogen functional groups attached to an aromatic ring is 1. The van der Waals surface area contributed by atoms with E-state index in [9.17, 15) is 41.4 Å². The van der Waals surface area contributed by atoms with Gasteiger partial charge in [-0.2, -0.15) is 23.7 Å². The Labute approximate surface area is 391 Å². The van der Waals surface area contributed by atoms with Gasteiger partial charge in [-0.15, -0.1) is 14.6 Å². The summed E-state index contributed by atoms with van der Waals surface area (Å²) in [5.74, 6) is -1.56. The van der Waals surface area contributed by atoms with Crippen LogP contribution in [0.25, 0.3) is 10.8 Å². The molecular formula is C27H20FN8Na3O13S4. The normalized spacial score (nSPS) is 11.4. The van der Waals surface area contributed by atoms with Crippen LogP contribution >= 0.6 is 24.4 Å². The molecule has 21 nitrogen and oxygen atoms in total. The molecule has 0 atom stereocenters. The summed E-state index contributed by atoms with van der Waals surface area (Å²) in [6.45, 7) is -0.322. The molecule has 0 radical (unpaired) electrons. The van der Waals surface area contributed by atoms with Gasteiger partial charge < -0.3 is 36.5 Å². The number of nitrogens with zero attached hydrogens (tertiary/aromatic N) is 5. The maximum atomic E-state index is 14.4. The first-order valence-corrected chi connectivity index (χ1v) is 18.5. The zero-order valence-corrected chi connectivity index (χ0v) is 38.2. The first kappa shape index (κ1) is 50.3. The van der Waals surface area contributed by atoms with Crippen LogP contribution < -0.4 is 116 Å². The fraction of sp³-hybridized carbons (Fsp3) is 0.0741. The molecular weight excluding hydrogens is 861 g/mol. The molecule has 0 fully saturated rings. The second-order valence-corrected chi connectivity index (χ2v) is 14.7. The monoisotopic (exact) mass is 880 g/mol. The van der Waals surface area contributed by atoms with E-state index in [4.69, 9.17) is 9.92 Å². The Hall–Kier alpha value is -1.84. The van der Waals surface area contributed by atoms with E-state index >= 15 is 0 Å². The number of fused-ring (bicyclic) bond motifs is 1. The van der Waals surface area contributed by atoms with Gasteiger partial charge in [0.05, 0.1) is 45.3 Å². The molecule has 5 aromatic rings. The molecule has 0 saturated heterocycles.